The van der Waals surface area contributed by atoms with E-state index in [0.29, 0.717) is 12.8 Å². The molecule has 1 rings (SSSR count). The zero-order chi connectivity index (χ0) is 14.6. The van der Waals surface area contributed by atoms with Crippen LogP contribution in [0.1, 0.15) is 76.8 Å². The van der Waals surface area contributed by atoms with Crippen LogP contribution in [-0.2, 0) is 18.3 Å². The van der Waals surface area contributed by atoms with Crippen molar-refractivity contribution in [1.82, 2.24) is 15.0 Å². The largest absolute Gasteiger partial charge is 0.299 e. The van der Waals surface area contributed by atoms with E-state index in [4.69, 9.17) is 0 Å². The standard InChI is InChI=1S/C16H29N3O/c1-3-4-5-6-7-8-9-10-11-12-16(20)13-15-14-19(2)18-17-15/h14H,3-13H2,1-2H3. The van der Waals surface area contributed by atoms with E-state index in [1.807, 2.05) is 13.2 Å². The summed E-state index contributed by atoms with van der Waals surface area (Å²) in [4.78, 5) is 11.8. The van der Waals surface area contributed by atoms with Crippen molar-refractivity contribution < 1.29 is 4.79 Å². The normalized spacial score (nSPS) is 10.9. The van der Waals surface area contributed by atoms with Crippen molar-refractivity contribution in [3.8, 4) is 0 Å². The van der Waals surface area contributed by atoms with E-state index < -0.39 is 0 Å². The molecule has 0 fully saturated rings. The maximum absolute atomic E-state index is 11.8. The highest BCUT2D eigenvalue weighted by atomic mass is 16.1. The summed E-state index contributed by atoms with van der Waals surface area (Å²) in [5.41, 5.74) is 0.786. The van der Waals surface area contributed by atoms with E-state index in [1.54, 1.807) is 4.68 Å². The van der Waals surface area contributed by atoms with Gasteiger partial charge in [-0.15, -0.1) is 5.10 Å². The monoisotopic (exact) mass is 279 g/mol. The molecule has 114 valence electrons. The van der Waals surface area contributed by atoms with Crippen LogP contribution in [0, 0.1) is 0 Å². The molecule has 0 spiro atoms. The summed E-state index contributed by atoms with van der Waals surface area (Å²) in [6.45, 7) is 2.25. The van der Waals surface area contributed by atoms with E-state index in [2.05, 4.69) is 17.2 Å². The van der Waals surface area contributed by atoms with Gasteiger partial charge in [0, 0.05) is 19.7 Å². The molecular weight excluding hydrogens is 250 g/mol. The Morgan fingerprint density at radius 1 is 1.05 bits per heavy atom. The molecule has 0 N–H and O–H groups in total. The smallest absolute Gasteiger partial charge is 0.138 e. The van der Waals surface area contributed by atoms with E-state index in [-0.39, 0.29) is 5.78 Å². The minimum Gasteiger partial charge on any atom is -0.299 e. The average molecular weight is 279 g/mol. The van der Waals surface area contributed by atoms with Gasteiger partial charge in [0.25, 0.3) is 0 Å². The molecule has 0 radical (unpaired) electrons. The molecule has 1 aromatic heterocycles. The van der Waals surface area contributed by atoms with Crippen molar-refractivity contribution in [2.45, 2.75) is 77.6 Å². The van der Waals surface area contributed by atoms with Gasteiger partial charge in [-0.25, -0.2) is 0 Å². The second kappa shape index (κ2) is 10.6. The summed E-state index contributed by atoms with van der Waals surface area (Å²) in [6.07, 6.45) is 14.5. The summed E-state index contributed by atoms with van der Waals surface area (Å²) in [6, 6.07) is 0. The number of carbonyl (C=O) groups is 1. The molecule has 0 amide bonds. The van der Waals surface area contributed by atoms with Crippen molar-refractivity contribution in [2.24, 2.45) is 7.05 Å². The molecule has 0 saturated heterocycles. The van der Waals surface area contributed by atoms with E-state index in [9.17, 15) is 4.79 Å². The molecule has 4 nitrogen and oxygen atoms in total. The van der Waals surface area contributed by atoms with Crippen LogP contribution in [0.25, 0.3) is 0 Å². The molecule has 0 bridgehead atoms. The quantitative estimate of drug-likeness (QED) is 0.546. The lowest BCUT2D eigenvalue weighted by molar-refractivity contribution is -0.118. The first-order valence-corrected chi connectivity index (χ1v) is 8.09. The number of hydrogen-bond acceptors (Lipinski definition) is 3. The molecule has 0 unspecified atom stereocenters. The summed E-state index contributed by atoms with van der Waals surface area (Å²) in [5, 5.41) is 7.78. The maximum Gasteiger partial charge on any atom is 0.138 e. The average Bonchev–Trinajstić information content (AvgIpc) is 2.82. The third-order valence-corrected chi connectivity index (χ3v) is 3.59. The van der Waals surface area contributed by atoms with Gasteiger partial charge in [0.15, 0.2) is 0 Å². The Kier molecular flexibility index (Phi) is 8.92. The fourth-order valence-electron chi connectivity index (χ4n) is 2.40. The lowest BCUT2D eigenvalue weighted by Gasteiger charge is -2.01. The number of hydrogen-bond donors (Lipinski definition) is 0. The molecule has 0 aliphatic heterocycles. The Hall–Kier alpha value is -1.19. The number of ketones is 1. The van der Waals surface area contributed by atoms with Crippen molar-refractivity contribution in [3.05, 3.63) is 11.9 Å². The van der Waals surface area contributed by atoms with Gasteiger partial charge < -0.3 is 0 Å². The summed E-state index contributed by atoms with van der Waals surface area (Å²) in [5.74, 6) is 0.286. The number of aromatic nitrogens is 3. The van der Waals surface area contributed by atoms with Crippen LogP contribution in [-0.4, -0.2) is 20.8 Å². The molecule has 0 aromatic carbocycles. The Bertz CT molecular complexity index is 374. The molecule has 20 heavy (non-hydrogen) atoms. The van der Waals surface area contributed by atoms with Gasteiger partial charge >= 0.3 is 0 Å². The maximum atomic E-state index is 11.8. The SMILES string of the molecule is CCCCCCCCCCCC(=O)Cc1cn(C)nn1. The van der Waals surface area contributed by atoms with Crippen LogP contribution < -0.4 is 0 Å². The van der Waals surface area contributed by atoms with Crippen molar-refractivity contribution in [1.29, 1.82) is 0 Å². The van der Waals surface area contributed by atoms with Gasteiger partial charge in [-0.1, -0.05) is 63.5 Å². The fourth-order valence-corrected chi connectivity index (χ4v) is 2.40. The summed E-state index contributed by atoms with van der Waals surface area (Å²) >= 11 is 0. The molecule has 1 aromatic rings. The molecular formula is C16H29N3O. The lowest BCUT2D eigenvalue weighted by Crippen LogP contribution is -2.02. The summed E-state index contributed by atoms with van der Waals surface area (Å²) in [7, 11) is 1.82. The first-order valence-electron chi connectivity index (χ1n) is 8.09. The van der Waals surface area contributed by atoms with Gasteiger partial charge in [0.05, 0.1) is 12.1 Å². The topological polar surface area (TPSA) is 47.8 Å². The number of nitrogens with zero attached hydrogens (tertiary/aromatic N) is 3. The van der Waals surface area contributed by atoms with Gasteiger partial charge in [0.2, 0.25) is 0 Å². The highest BCUT2D eigenvalue weighted by molar-refractivity contribution is 5.80. The first-order chi connectivity index (χ1) is 9.72. The zero-order valence-electron chi connectivity index (χ0n) is 13.1. The van der Waals surface area contributed by atoms with E-state index >= 15 is 0 Å². The molecule has 1 heterocycles. The van der Waals surface area contributed by atoms with Crippen molar-refractivity contribution in [3.63, 3.8) is 0 Å². The zero-order valence-corrected chi connectivity index (χ0v) is 13.1. The summed E-state index contributed by atoms with van der Waals surface area (Å²) < 4.78 is 1.64. The first kappa shape index (κ1) is 16.9. The van der Waals surface area contributed by atoms with Crippen LogP contribution in [0.3, 0.4) is 0 Å². The highest BCUT2D eigenvalue weighted by Crippen LogP contribution is 2.11. The Morgan fingerprint density at radius 2 is 1.65 bits per heavy atom. The lowest BCUT2D eigenvalue weighted by atomic mass is 10.0. The molecule has 0 aliphatic rings. The second-order valence-corrected chi connectivity index (χ2v) is 5.68. The van der Waals surface area contributed by atoms with Gasteiger partial charge in [-0.05, 0) is 6.42 Å². The van der Waals surface area contributed by atoms with Crippen molar-refractivity contribution >= 4 is 5.78 Å². The number of Topliss-reactive ketones (excluding diaryl/α,β-unsaturated/α-hetero) is 1. The number of unbranched alkanes of at least 4 members (excludes halogenated alkanes) is 8. The molecule has 0 aliphatic carbocycles. The second-order valence-electron chi connectivity index (χ2n) is 5.68. The van der Waals surface area contributed by atoms with Gasteiger partial charge in [0.1, 0.15) is 5.78 Å². The van der Waals surface area contributed by atoms with E-state index in [0.717, 1.165) is 12.1 Å². The minimum absolute atomic E-state index is 0.286. The highest BCUT2D eigenvalue weighted by Gasteiger charge is 2.06. The van der Waals surface area contributed by atoms with Crippen LogP contribution >= 0.6 is 0 Å². The van der Waals surface area contributed by atoms with Crippen LogP contribution in [0.2, 0.25) is 0 Å². The number of rotatable bonds is 12. The number of carbonyl (C=O) groups excluding carboxylic acids is 1. The predicted molar refractivity (Wildman–Crippen MR) is 81.6 cm³/mol. The van der Waals surface area contributed by atoms with Crippen LogP contribution in [0.5, 0.6) is 0 Å². The Morgan fingerprint density at radius 3 is 2.20 bits per heavy atom. The minimum atomic E-state index is 0.286. The molecule has 4 heteroatoms. The van der Waals surface area contributed by atoms with Gasteiger partial charge in [-0.2, -0.15) is 0 Å². The Labute approximate surface area is 122 Å². The third-order valence-electron chi connectivity index (χ3n) is 3.59. The third kappa shape index (κ3) is 8.08. The molecule has 0 saturated carbocycles. The van der Waals surface area contributed by atoms with Crippen LogP contribution in [0.15, 0.2) is 6.20 Å². The molecule has 0 atom stereocenters. The number of aryl methyl sites for hydroxylation is 1. The van der Waals surface area contributed by atoms with E-state index in [1.165, 1.54) is 51.4 Å². The van der Waals surface area contributed by atoms with Crippen molar-refractivity contribution in [2.75, 3.05) is 0 Å². The Balaban J connectivity index is 1.92. The fraction of sp³-hybridized carbons (Fsp3) is 0.812. The predicted octanol–water partition coefficient (Wildman–Crippen LogP) is 3.85. The van der Waals surface area contributed by atoms with Gasteiger partial charge in [-0.3, -0.25) is 9.48 Å². The van der Waals surface area contributed by atoms with Crippen LogP contribution in [0.4, 0.5) is 0 Å².